The van der Waals surface area contributed by atoms with Gasteiger partial charge in [0.1, 0.15) is 4.49 Å². The second-order valence-electron chi connectivity index (χ2n) is 3.32. The topological polar surface area (TPSA) is 26.3 Å². The molecular formula is C12H11Cl3O2. The van der Waals surface area contributed by atoms with Crippen molar-refractivity contribution in [3.05, 3.63) is 38.8 Å². The first kappa shape index (κ1) is 14.4. The molecule has 0 aliphatic carbocycles. The summed E-state index contributed by atoms with van der Waals surface area (Å²) in [5.74, 6) is -0.547. The summed E-state index contributed by atoms with van der Waals surface area (Å²) < 4.78 is 4.77. The summed E-state index contributed by atoms with van der Waals surface area (Å²) in [5.41, 5.74) is 1.57. The summed E-state index contributed by atoms with van der Waals surface area (Å²) in [5, 5.41) is 0.614. The maximum atomic E-state index is 11.7. The van der Waals surface area contributed by atoms with Crippen LogP contribution in [0.15, 0.2) is 22.7 Å². The van der Waals surface area contributed by atoms with Crippen molar-refractivity contribution in [1.82, 2.24) is 0 Å². The number of benzene rings is 1. The molecule has 0 aliphatic rings. The van der Waals surface area contributed by atoms with E-state index in [0.29, 0.717) is 10.6 Å². The van der Waals surface area contributed by atoms with Gasteiger partial charge in [0, 0.05) is 5.02 Å². The monoisotopic (exact) mass is 292 g/mol. The predicted octanol–water partition coefficient (Wildman–Crippen LogP) is 4.36. The van der Waals surface area contributed by atoms with Gasteiger partial charge < -0.3 is 4.74 Å². The molecule has 0 amide bonds. The number of esters is 1. The minimum absolute atomic E-state index is 0.120. The Morgan fingerprint density at radius 3 is 2.47 bits per heavy atom. The van der Waals surface area contributed by atoms with Crippen molar-refractivity contribution in [2.24, 2.45) is 0 Å². The molecule has 1 aromatic rings. The SMILES string of the molecule is CCOC(=O)C(=C(Cl)Cl)c1ccc(Cl)c(C)c1. The summed E-state index contributed by atoms with van der Waals surface area (Å²) in [4.78, 5) is 11.7. The van der Waals surface area contributed by atoms with Crippen molar-refractivity contribution in [3.8, 4) is 0 Å². The smallest absolute Gasteiger partial charge is 0.341 e. The molecule has 5 heteroatoms. The van der Waals surface area contributed by atoms with Crippen LogP contribution >= 0.6 is 34.8 Å². The third-order valence-electron chi connectivity index (χ3n) is 2.12. The van der Waals surface area contributed by atoms with E-state index in [1.54, 1.807) is 25.1 Å². The molecule has 0 unspecified atom stereocenters. The van der Waals surface area contributed by atoms with Crippen molar-refractivity contribution in [1.29, 1.82) is 0 Å². The first-order valence-corrected chi connectivity index (χ1v) is 6.09. The molecule has 0 saturated carbocycles. The van der Waals surface area contributed by atoms with Gasteiger partial charge in [-0.3, -0.25) is 0 Å². The minimum atomic E-state index is -0.547. The van der Waals surface area contributed by atoms with E-state index in [4.69, 9.17) is 39.5 Å². The first-order valence-electron chi connectivity index (χ1n) is 4.96. The molecule has 0 aromatic heterocycles. The van der Waals surface area contributed by atoms with Crippen molar-refractivity contribution in [3.63, 3.8) is 0 Å². The molecule has 0 saturated heterocycles. The van der Waals surface area contributed by atoms with Gasteiger partial charge in [-0.2, -0.15) is 0 Å². The number of aryl methyl sites for hydroxylation is 1. The quantitative estimate of drug-likeness (QED) is 0.611. The highest BCUT2D eigenvalue weighted by atomic mass is 35.5. The van der Waals surface area contributed by atoms with Crippen molar-refractivity contribution >= 4 is 46.3 Å². The largest absolute Gasteiger partial charge is 0.462 e. The zero-order valence-corrected chi connectivity index (χ0v) is 11.7. The Balaban J connectivity index is 3.21. The molecule has 0 atom stereocenters. The number of rotatable bonds is 3. The molecule has 2 nitrogen and oxygen atoms in total. The Hall–Kier alpha value is -0.700. The van der Waals surface area contributed by atoms with Crippen LogP contribution in [0, 0.1) is 6.92 Å². The molecule has 92 valence electrons. The van der Waals surface area contributed by atoms with Crippen LogP contribution in [0.1, 0.15) is 18.1 Å². The van der Waals surface area contributed by atoms with Gasteiger partial charge in [-0.25, -0.2) is 4.79 Å². The number of hydrogen-bond donors (Lipinski definition) is 0. The van der Waals surface area contributed by atoms with Gasteiger partial charge in [-0.05, 0) is 37.1 Å². The summed E-state index contributed by atoms with van der Waals surface area (Å²) in [6.07, 6.45) is 0. The fourth-order valence-electron chi connectivity index (χ4n) is 1.31. The van der Waals surface area contributed by atoms with Crippen molar-refractivity contribution in [2.75, 3.05) is 6.61 Å². The molecule has 0 radical (unpaired) electrons. The van der Waals surface area contributed by atoms with Gasteiger partial charge in [0.05, 0.1) is 12.2 Å². The van der Waals surface area contributed by atoms with Gasteiger partial charge in [-0.15, -0.1) is 0 Å². The van der Waals surface area contributed by atoms with E-state index in [2.05, 4.69) is 0 Å². The molecule has 17 heavy (non-hydrogen) atoms. The third-order valence-corrected chi connectivity index (χ3v) is 2.92. The molecule has 1 rings (SSSR count). The Morgan fingerprint density at radius 2 is 2.00 bits per heavy atom. The highest BCUT2D eigenvalue weighted by Gasteiger charge is 2.17. The van der Waals surface area contributed by atoms with Crippen LogP contribution in [0.3, 0.4) is 0 Å². The molecular weight excluding hydrogens is 282 g/mol. The highest BCUT2D eigenvalue weighted by molar-refractivity contribution is 6.61. The minimum Gasteiger partial charge on any atom is -0.462 e. The summed E-state index contributed by atoms with van der Waals surface area (Å²) in [6.45, 7) is 3.80. The molecule has 0 spiro atoms. The van der Waals surface area contributed by atoms with Crippen LogP contribution in [0.5, 0.6) is 0 Å². The second kappa shape index (κ2) is 6.29. The average Bonchev–Trinajstić information content (AvgIpc) is 2.23. The number of ether oxygens (including phenoxy) is 1. The molecule has 0 bridgehead atoms. The molecule has 0 heterocycles. The summed E-state index contributed by atoms with van der Waals surface area (Å²) in [7, 11) is 0. The van der Waals surface area contributed by atoms with Crippen LogP contribution in [0.2, 0.25) is 5.02 Å². The number of carbonyl (C=O) groups is 1. The van der Waals surface area contributed by atoms with Gasteiger partial charge in [0.15, 0.2) is 0 Å². The summed E-state index contributed by atoms with van der Waals surface area (Å²) >= 11 is 17.3. The Morgan fingerprint density at radius 1 is 1.35 bits per heavy atom. The van der Waals surface area contributed by atoms with Crippen molar-refractivity contribution in [2.45, 2.75) is 13.8 Å². The lowest BCUT2D eigenvalue weighted by Gasteiger charge is -2.08. The van der Waals surface area contributed by atoms with E-state index in [0.717, 1.165) is 5.56 Å². The maximum Gasteiger partial charge on any atom is 0.341 e. The van der Waals surface area contributed by atoms with Crippen LogP contribution < -0.4 is 0 Å². The van der Waals surface area contributed by atoms with E-state index in [1.807, 2.05) is 6.92 Å². The standard InChI is InChI=1S/C12H11Cl3O2/c1-3-17-12(16)10(11(14)15)8-4-5-9(13)7(2)6-8/h4-6H,3H2,1-2H3. The molecule has 0 fully saturated rings. The fraction of sp³-hybridized carbons (Fsp3) is 0.250. The molecule has 1 aromatic carbocycles. The number of carbonyl (C=O) groups excluding carboxylic acids is 1. The van der Waals surface area contributed by atoms with Crippen molar-refractivity contribution < 1.29 is 9.53 Å². The van der Waals surface area contributed by atoms with Gasteiger partial charge >= 0.3 is 5.97 Å². The Labute approximate surface area is 115 Å². The average molecular weight is 294 g/mol. The van der Waals surface area contributed by atoms with E-state index in [1.165, 1.54) is 0 Å². The molecule has 0 N–H and O–H groups in total. The number of hydrogen-bond acceptors (Lipinski definition) is 2. The fourth-order valence-corrected chi connectivity index (χ4v) is 1.80. The van der Waals surface area contributed by atoms with Gasteiger partial charge in [0.25, 0.3) is 0 Å². The third kappa shape index (κ3) is 3.63. The van der Waals surface area contributed by atoms with Crippen LogP contribution in [-0.4, -0.2) is 12.6 Å². The van der Waals surface area contributed by atoms with E-state index in [9.17, 15) is 4.79 Å². The zero-order chi connectivity index (χ0) is 13.0. The highest BCUT2D eigenvalue weighted by Crippen LogP contribution is 2.28. The van der Waals surface area contributed by atoms with E-state index >= 15 is 0 Å². The van der Waals surface area contributed by atoms with E-state index < -0.39 is 5.97 Å². The van der Waals surface area contributed by atoms with E-state index in [-0.39, 0.29) is 16.7 Å². The predicted molar refractivity (Wildman–Crippen MR) is 71.4 cm³/mol. The number of halogens is 3. The lowest BCUT2D eigenvalue weighted by molar-refractivity contribution is -0.136. The van der Waals surface area contributed by atoms with Gasteiger partial charge in [0.2, 0.25) is 0 Å². The lowest BCUT2D eigenvalue weighted by Crippen LogP contribution is -2.07. The van der Waals surface area contributed by atoms with Gasteiger partial charge in [-0.1, -0.05) is 40.9 Å². The zero-order valence-electron chi connectivity index (χ0n) is 9.39. The second-order valence-corrected chi connectivity index (χ2v) is 4.68. The normalized spacial score (nSPS) is 9.94. The lowest BCUT2D eigenvalue weighted by atomic mass is 10.1. The summed E-state index contributed by atoms with van der Waals surface area (Å²) in [6, 6.07) is 5.09. The Bertz CT molecular complexity index is 463. The van der Waals surface area contributed by atoms with Crippen LogP contribution in [-0.2, 0) is 9.53 Å². The maximum absolute atomic E-state index is 11.7. The van der Waals surface area contributed by atoms with Crippen LogP contribution in [0.25, 0.3) is 5.57 Å². The first-order chi connectivity index (χ1) is 7.97. The Kier molecular flexibility index (Phi) is 5.31. The van der Waals surface area contributed by atoms with Crippen LogP contribution in [0.4, 0.5) is 0 Å². The molecule has 0 aliphatic heterocycles.